The van der Waals surface area contributed by atoms with Gasteiger partial charge in [-0.25, -0.2) is 0 Å². The Labute approximate surface area is 82.1 Å². The fourth-order valence-electron chi connectivity index (χ4n) is 0.810. The van der Waals surface area contributed by atoms with E-state index in [-0.39, 0.29) is 0 Å². The van der Waals surface area contributed by atoms with Crippen molar-refractivity contribution in [3.05, 3.63) is 24.3 Å². The molecule has 0 aliphatic heterocycles. The van der Waals surface area contributed by atoms with E-state index in [0.717, 1.165) is 5.75 Å². The summed E-state index contributed by atoms with van der Waals surface area (Å²) in [5.74, 6) is 0.806. The lowest BCUT2D eigenvalue weighted by atomic mass is 10.3. The summed E-state index contributed by atoms with van der Waals surface area (Å²) in [6, 6.07) is 7.86. The number of benzene rings is 1. The van der Waals surface area contributed by atoms with Gasteiger partial charge in [0.15, 0.2) is 5.05 Å². The molecule has 0 aromatic heterocycles. The van der Waals surface area contributed by atoms with Gasteiger partial charge in [0, 0.05) is 11.8 Å². The molecule has 0 heterocycles. The van der Waals surface area contributed by atoms with Crippen molar-refractivity contribution >= 4 is 29.0 Å². The summed E-state index contributed by atoms with van der Waals surface area (Å²) in [4.78, 5) is 1.23. The van der Waals surface area contributed by atoms with E-state index >= 15 is 0 Å². The Morgan fingerprint density at radius 1 is 1.33 bits per heavy atom. The summed E-state index contributed by atoms with van der Waals surface area (Å²) in [5.41, 5.74) is 0. The normalized spacial score (nSPS) is 9.50. The highest BCUT2D eigenvalue weighted by Gasteiger charge is 1.94. The molecule has 1 nitrogen and oxygen atoms in total. The number of rotatable bonds is 2. The third-order valence-electron chi connectivity index (χ3n) is 1.32. The fourth-order valence-corrected chi connectivity index (χ4v) is 1.31. The van der Waals surface area contributed by atoms with Gasteiger partial charge in [0.2, 0.25) is 0 Å². The number of thiocarbonyl (C=S) groups is 1. The third-order valence-corrected chi connectivity index (χ3v) is 2.15. The maximum absolute atomic E-state index is 5.24. The second-order valence-corrected chi connectivity index (χ2v) is 3.72. The van der Waals surface area contributed by atoms with Gasteiger partial charge in [0.05, 0.1) is 0 Å². The van der Waals surface area contributed by atoms with Crippen LogP contribution in [0.2, 0.25) is 0 Å². The van der Waals surface area contributed by atoms with Crippen LogP contribution in [0.25, 0.3) is 0 Å². The quantitative estimate of drug-likeness (QED) is 0.534. The average Bonchev–Trinajstić information content (AvgIpc) is 2.05. The highest BCUT2D eigenvalue weighted by Crippen LogP contribution is 2.18. The Balaban J connectivity index is 2.71. The first kappa shape index (κ1) is 9.55. The molecule has 0 atom stereocenters. The van der Waals surface area contributed by atoms with Crippen molar-refractivity contribution in [2.75, 3.05) is 6.26 Å². The summed E-state index contributed by atoms with van der Waals surface area (Å²) in [5, 5.41) is 0.548. The van der Waals surface area contributed by atoms with Gasteiger partial charge < -0.3 is 4.74 Å². The minimum Gasteiger partial charge on any atom is -0.451 e. The van der Waals surface area contributed by atoms with Crippen molar-refractivity contribution < 1.29 is 4.74 Å². The van der Waals surface area contributed by atoms with Gasteiger partial charge in [-0.3, -0.25) is 0 Å². The molecule has 0 unspecified atom stereocenters. The molecule has 0 aliphatic rings. The van der Waals surface area contributed by atoms with E-state index in [0.29, 0.717) is 5.05 Å². The van der Waals surface area contributed by atoms with Gasteiger partial charge in [-0.15, -0.1) is 11.8 Å². The minimum atomic E-state index is 0.548. The van der Waals surface area contributed by atoms with Crippen LogP contribution in [0.15, 0.2) is 29.2 Å². The molecule has 64 valence electrons. The SMILES string of the molecule is CSc1ccc(OC(C)=S)cc1. The molecule has 0 amide bonds. The number of hydrogen-bond donors (Lipinski definition) is 0. The molecule has 0 spiro atoms. The molecule has 0 N–H and O–H groups in total. The Hall–Kier alpha value is -0.540. The lowest BCUT2D eigenvalue weighted by Gasteiger charge is -2.02. The lowest BCUT2D eigenvalue weighted by molar-refractivity contribution is 0.561. The van der Waals surface area contributed by atoms with E-state index in [4.69, 9.17) is 17.0 Å². The Morgan fingerprint density at radius 2 is 1.92 bits per heavy atom. The Morgan fingerprint density at radius 3 is 2.33 bits per heavy atom. The smallest absolute Gasteiger partial charge is 0.164 e. The highest BCUT2D eigenvalue weighted by molar-refractivity contribution is 7.98. The van der Waals surface area contributed by atoms with Crippen molar-refractivity contribution in [1.82, 2.24) is 0 Å². The summed E-state index contributed by atoms with van der Waals surface area (Å²) in [6.45, 7) is 1.76. The van der Waals surface area contributed by atoms with E-state index < -0.39 is 0 Å². The number of ether oxygens (including phenoxy) is 1. The highest BCUT2D eigenvalue weighted by atomic mass is 32.2. The molecule has 1 aromatic carbocycles. The van der Waals surface area contributed by atoms with Gasteiger partial charge >= 0.3 is 0 Å². The first-order chi connectivity index (χ1) is 5.72. The molecule has 1 rings (SSSR count). The van der Waals surface area contributed by atoms with Crippen LogP contribution in [0.3, 0.4) is 0 Å². The zero-order valence-electron chi connectivity index (χ0n) is 7.03. The van der Waals surface area contributed by atoms with Gasteiger partial charge in [-0.2, -0.15) is 0 Å². The molecule has 0 radical (unpaired) electrons. The first-order valence-electron chi connectivity index (χ1n) is 3.55. The maximum atomic E-state index is 5.24. The molecule has 12 heavy (non-hydrogen) atoms. The molecular formula is C9H10OS2. The molecule has 0 bridgehead atoms. The van der Waals surface area contributed by atoms with E-state index in [1.165, 1.54) is 4.90 Å². The molecule has 1 aromatic rings. The van der Waals surface area contributed by atoms with Crippen LogP contribution < -0.4 is 4.74 Å². The Bertz CT molecular complexity index is 266. The summed E-state index contributed by atoms with van der Waals surface area (Å²) < 4.78 is 5.24. The first-order valence-corrected chi connectivity index (χ1v) is 5.18. The van der Waals surface area contributed by atoms with Crippen molar-refractivity contribution in [3.8, 4) is 5.75 Å². The van der Waals surface area contributed by atoms with Crippen LogP contribution in [0, 0.1) is 0 Å². The molecule has 0 fully saturated rings. The summed E-state index contributed by atoms with van der Waals surface area (Å²) in [7, 11) is 0. The van der Waals surface area contributed by atoms with Crippen LogP contribution in [0.1, 0.15) is 6.92 Å². The minimum absolute atomic E-state index is 0.548. The second kappa shape index (κ2) is 4.48. The van der Waals surface area contributed by atoms with Crippen molar-refractivity contribution in [2.45, 2.75) is 11.8 Å². The number of thioether (sulfide) groups is 1. The Kier molecular flexibility index (Phi) is 3.56. The molecule has 0 saturated carbocycles. The van der Waals surface area contributed by atoms with Crippen LogP contribution in [0.5, 0.6) is 5.75 Å². The van der Waals surface area contributed by atoms with Gasteiger partial charge in [-0.05, 0) is 42.7 Å². The summed E-state index contributed by atoms with van der Waals surface area (Å²) in [6.07, 6.45) is 2.04. The maximum Gasteiger partial charge on any atom is 0.164 e. The summed E-state index contributed by atoms with van der Waals surface area (Å²) >= 11 is 6.52. The van der Waals surface area contributed by atoms with Crippen LogP contribution in [-0.4, -0.2) is 11.3 Å². The topological polar surface area (TPSA) is 9.23 Å². The van der Waals surface area contributed by atoms with Gasteiger partial charge in [-0.1, -0.05) is 0 Å². The van der Waals surface area contributed by atoms with E-state index in [1.54, 1.807) is 18.7 Å². The zero-order chi connectivity index (χ0) is 8.97. The van der Waals surface area contributed by atoms with Crippen LogP contribution in [0.4, 0.5) is 0 Å². The van der Waals surface area contributed by atoms with Gasteiger partial charge in [0.25, 0.3) is 0 Å². The van der Waals surface area contributed by atoms with E-state index in [2.05, 4.69) is 0 Å². The van der Waals surface area contributed by atoms with Crippen LogP contribution >= 0.6 is 24.0 Å². The van der Waals surface area contributed by atoms with E-state index in [9.17, 15) is 0 Å². The van der Waals surface area contributed by atoms with Crippen molar-refractivity contribution in [2.24, 2.45) is 0 Å². The monoisotopic (exact) mass is 198 g/mol. The van der Waals surface area contributed by atoms with Crippen molar-refractivity contribution in [3.63, 3.8) is 0 Å². The zero-order valence-corrected chi connectivity index (χ0v) is 8.67. The van der Waals surface area contributed by atoms with Crippen molar-refractivity contribution in [1.29, 1.82) is 0 Å². The molecular weight excluding hydrogens is 188 g/mol. The molecule has 0 aliphatic carbocycles. The molecule has 0 saturated heterocycles. The van der Waals surface area contributed by atoms with Crippen LogP contribution in [-0.2, 0) is 0 Å². The predicted octanol–water partition coefficient (Wildman–Crippen LogP) is 3.13. The molecule has 3 heteroatoms. The van der Waals surface area contributed by atoms with E-state index in [1.807, 2.05) is 30.5 Å². The van der Waals surface area contributed by atoms with Gasteiger partial charge in [0.1, 0.15) is 5.75 Å². The predicted molar refractivity (Wildman–Crippen MR) is 57.1 cm³/mol. The fraction of sp³-hybridized carbons (Fsp3) is 0.222. The largest absolute Gasteiger partial charge is 0.451 e. The third kappa shape index (κ3) is 2.83. The lowest BCUT2D eigenvalue weighted by Crippen LogP contribution is -1.97. The second-order valence-electron chi connectivity index (χ2n) is 2.27. The standard InChI is InChI=1S/C9H10OS2/c1-7(11)10-8-3-5-9(12-2)6-4-8/h3-6H,1-2H3. The number of hydrogen-bond acceptors (Lipinski definition) is 3. The average molecular weight is 198 g/mol.